The second-order valence-electron chi connectivity index (χ2n) is 7.04. The molecule has 1 aliphatic heterocycles. The van der Waals surface area contributed by atoms with Crippen LogP contribution < -0.4 is 0 Å². The van der Waals surface area contributed by atoms with Crippen LogP contribution in [0.2, 0.25) is 0 Å². The second kappa shape index (κ2) is 7.82. The smallest absolute Gasteiger partial charge is 0.197 e. The first-order valence-corrected chi connectivity index (χ1v) is 11.8. The molecule has 0 unspecified atom stereocenters. The van der Waals surface area contributed by atoms with Crippen LogP contribution in [-0.2, 0) is 0 Å². The van der Waals surface area contributed by atoms with E-state index in [0.717, 1.165) is 44.0 Å². The predicted octanol–water partition coefficient (Wildman–Crippen LogP) is 4.98. The maximum absolute atomic E-state index is 5.54. The third-order valence-corrected chi connectivity index (χ3v) is 7.30. The zero-order valence-corrected chi connectivity index (χ0v) is 17.9. The van der Waals surface area contributed by atoms with Crippen LogP contribution in [0.4, 0.5) is 0 Å². The van der Waals surface area contributed by atoms with Crippen molar-refractivity contribution in [3.8, 4) is 23.0 Å². The molecule has 31 heavy (non-hydrogen) atoms. The molecule has 7 nitrogen and oxygen atoms in total. The van der Waals surface area contributed by atoms with Crippen molar-refractivity contribution in [1.82, 2.24) is 29.7 Å². The number of hydrogen-bond acceptors (Lipinski definition) is 8. The number of aromatic nitrogens is 6. The van der Waals surface area contributed by atoms with Crippen LogP contribution in [0, 0.1) is 0 Å². The normalized spacial score (nSPS) is 15.4. The number of thioether (sulfide) groups is 2. The van der Waals surface area contributed by atoms with E-state index in [2.05, 4.69) is 30.8 Å². The molecule has 1 atom stereocenters. The molecule has 1 aromatic carbocycles. The summed E-state index contributed by atoms with van der Waals surface area (Å²) in [5.41, 5.74) is 1.89. The molecule has 6 rings (SSSR count). The van der Waals surface area contributed by atoms with Gasteiger partial charge in [0, 0.05) is 34.8 Å². The van der Waals surface area contributed by atoms with Crippen molar-refractivity contribution in [2.45, 2.75) is 16.2 Å². The summed E-state index contributed by atoms with van der Waals surface area (Å²) in [7, 11) is 0. The zero-order chi connectivity index (χ0) is 20.6. The minimum Gasteiger partial charge on any atom is -0.461 e. The summed E-state index contributed by atoms with van der Waals surface area (Å²) in [6.45, 7) is 0. The van der Waals surface area contributed by atoms with Gasteiger partial charge < -0.3 is 4.42 Å². The average Bonchev–Trinajstić information content (AvgIpc) is 3.56. The number of benzene rings is 1. The topological polar surface area (TPSA) is 82.5 Å². The highest BCUT2D eigenvalue weighted by Gasteiger charge is 2.29. The molecular formula is C22H16N6OS2. The fourth-order valence-electron chi connectivity index (χ4n) is 3.61. The van der Waals surface area contributed by atoms with Crippen molar-refractivity contribution in [2.75, 3.05) is 11.5 Å². The lowest BCUT2D eigenvalue weighted by Gasteiger charge is -2.15. The average molecular weight is 445 g/mol. The van der Waals surface area contributed by atoms with Gasteiger partial charge in [-0.1, -0.05) is 30.0 Å². The molecule has 0 fully saturated rings. The van der Waals surface area contributed by atoms with Gasteiger partial charge in [0.05, 0.1) is 17.8 Å². The molecule has 152 valence electrons. The summed E-state index contributed by atoms with van der Waals surface area (Å²) in [5.74, 6) is 3.95. The summed E-state index contributed by atoms with van der Waals surface area (Å²) in [4.78, 5) is 13.7. The first kappa shape index (κ1) is 18.6. The van der Waals surface area contributed by atoms with E-state index in [0.29, 0.717) is 11.6 Å². The van der Waals surface area contributed by atoms with Crippen LogP contribution in [0.3, 0.4) is 0 Å². The van der Waals surface area contributed by atoms with Crippen molar-refractivity contribution < 1.29 is 4.42 Å². The van der Waals surface area contributed by atoms with Gasteiger partial charge >= 0.3 is 0 Å². The highest BCUT2D eigenvalue weighted by Crippen LogP contribution is 2.39. The lowest BCUT2D eigenvalue weighted by atomic mass is 10.2. The van der Waals surface area contributed by atoms with E-state index in [4.69, 9.17) is 9.40 Å². The molecule has 5 heterocycles. The molecule has 0 radical (unpaired) electrons. The minimum absolute atomic E-state index is 0.260. The maximum Gasteiger partial charge on any atom is 0.197 e. The van der Waals surface area contributed by atoms with Crippen LogP contribution >= 0.6 is 23.5 Å². The van der Waals surface area contributed by atoms with E-state index >= 15 is 0 Å². The third kappa shape index (κ3) is 3.39. The standard InChI is InChI=1S/C22H16N6OS2/c1-2-7-17-16(6-1)21(25-19(24-17)18-8-4-10-29-18)30-12-15-13-31-22-27-26-20(28(15)22)14-5-3-9-23-11-14/h1-11,15H,12-13H2/t15-/m0/s1. The minimum atomic E-state index is 0.260. The van der Waals surface area contributed by atoms with Crippen LogP contribution in [0.1, 0.15) is 6.04 Å². The van der Waals surface area contributed by atoms with E-state index < -0.39 is 0 Å². The number of pyridine rings is 1. The molecule has 1 aliphatic rings. The molecule has 5 aromatic rings. The number of furan rings is 1. The Balaban J connectivity index is 1.33. The molecule has 0 N–H and O–H groups in total. The SMILES string of the molecule is c1cncc(-c2nnc3n2[C@@H](CSc2nc(-c4ccco4)nc4ccccc24)CS3)c1. The number of fused-ring (bicyclic) bond motifs is 2. The van der Waals surface area contributed by atoms with Gasteiger partial charge in [0.1, 0.15) is 5.03 Å². The Morgan fingerprint density at radius 2 is 2.03 bits per heavy atom. The largest absolute Gasteiger partial charge is 0.461 e. The zero-order valence-electron chi connectivity index (χ0n) is 16.3. The van der Waals surface area contributed by atoms with Crippen LogP contribution in [-0.4, -0.2) is 41.2 Å². The molecule has 0 saturated heterocycles. The summed E-state index contributed by atoms with van der Waals surface area (Å²) >= 11 is 3.47. The third-order valence-electron chi connectivity index (χ3n) is 5.08. The number of para-hydroxylation sites is 1. The maximum atomic E-state index is 5.54. The number of rotatable bonds is 5. The van der Waals surface area contributed by atoms with Gasteiger partial charge in [0.2, 0.25) is 0 Å². The lowest BCUT2D eigenvalue weighted by Crippen LogP contribution is -2.11. The van der Waals surface area contributed by atoms with E-state index in [1.807, 2.05) is 48.7 Å². The molecule has 9 heteroatoms. The fourth-order valence-corrected chi connectivity index (χ4v) is 5.94. The van der Waals surface area contributed by atoms with Gasteiger partial charge in [-0.05, 0) is 30.3 Å². The second-order valence-corrected chi connectivity index (χ2v) is 9.04. The molecule has 0 amide bonds. The van der Waals surface area contributed by atoms with Gasteiger partial charge in [0.25, 0.3) is 0 Å². The molecule has 0 aliphatic carbocycles. The van der Waals surface area contributed by atoms with Crippen molar-refractivity contribution >= 4 is 34.4 Å². The van der Waals surface area contributed by atoms with Gasteiger partial charge in [-0.25, -0.2) is 9.97 Å². The van der Waals surface area contributed by atoms with Gasteiger partial charge in [0.15, 0.2) is 22.6 Å². The Labute approximate surface area is 186 Å². The van der Waals surface area contributed by atoms with Crippen molar-refractivity contribution in [1.29, 1.82) is 0 Å². The summed E-state index contributed by atoms with van der Waals surface area (Å²) in [6.07, 6.45) is 5.24. The lowest BCUT2D eigenvalue weighted by molar-refractivity contribution is 0.577. The fraction of sp³-hybridized carbons (Fsp3) is 0.136. The Morgan fingerprint density at radius 1 is 1.06 bits per heavy atom. The summed E-state index contributed by atoms with van der Waals surface area (Å²) < 4.78 is 7.77. The van der Waals surface area contributed by atoms with Gasteiger partial charge in [-0.3, -0.25) is 9.55 Å². The molecule has 0 bridgehead atoms. The van der Waals surface area contributed by atoms with E-state index in [1.54, 1.807) is 36.0 Å². The van der Waals surface area contributed by atoms with Gasteiger partial charge in [-0.15, -0.1) is 22.0 Å². The van der Waals surface area contributed by atoms with E-state index in [-0.39, 0.29) is 6.04 Å². The number of nitrogens with zero attached hydrogens (tertiary/aromatic N) is 6. The molecular weight excluding hydrogens is 428 g/mol. The Morgan fingerprint density at radius 3 is 2.90 bits per heavy atom. The molecule has 0 spiro atoms. The highest BCUT2D eigenvalue weighted by molar-refractivity contribution is 8.00. The summed E-state index contributed by atoms with van der Waals surface area (Å²) in [6, 6.07) is 16.0. The quantitative estimate of drug-likeness (QED) is 0.277. The Kier molecular flexibility index (Phi) is 4.69. The van der Waals surface area contributed by atoms with Gasteiger partial charge in [-0.2, -0.15) is 0 Å². The van der Waals surface area contributed by atoms with Crippen LogP contribution in [0.15, 0.2) is 81.8 Å². The van der Waals surface area contributed by atoms with Crippen LogP contribution in [0.25, 0.3) is 33.9 Å². The Hall–Kier alpha value is -3.17. The molecule has 4 aromatic heterocycles. The van der Waals surface area contributed by atoms with Crippen molar-refractivity contribution in [3.05, 3.63) is 67.2 Å². The van der Waals surface area contributed by atoms with Crippen molar-refractivity contribution in [3.63, 3.8) is 0 Å². The van der Waals surface area contributed by atoms with Crippen molar-refractivity contribution in [2.24, 2.45) is 0 Å². The Bertz CT molecular complexity index is 1350. The van der Waals surface area contributed by atoms with E-state index in [9.17, 15) is 0 Å². The summed E-state index contributed by atoms with van der Waals surface area (Å²) in [5, 5.41) is 11.7. The first-order valence-electron chi connectivity index (χ1n) is 9.78. The first-order chi connectivity index (χ1) is 15.4. The van der Waals surface area contributed by atoms with E-state index in [1.165, 1.54) is 0 Å². The monoisotopic (exact) mass is 444 g/mol. The van der Waals surface area contributed by atoms with Crippen LogP contribution in [0.5, 0.6) is 0 Å². The highest BCUT2D eigenvalue weighted by atomic mass is 32.2. The predicted molar refractivity (Wildman–Crippen MR) is 121 cm³/mol. The number of hydrogen-bond donors (Lipinski definition) is 0. The molecule has 0 saturated carbocycles.